The standard InChI is InChI=1S/C22H25N3O7S.Na/c1-9-16-15(10(2)26)20(28)25(16)17(22(31)32)18(9)33-13-7-14(23-8-13)19(27)24-12-5-3-4-11(6-12)21(29)30;/h3-6,9-10,13-16,23,26H,7-8H2,1-2H3,(H,24,27)(H,29,30)(H,31,32);/q;+1/p-1/t9-,10?,13+,14+,15-,16-;/m1./s1. The molecular formula is C22H24N3NaO7S. The molecule has 2 fully saturated rings. The van der Waals surface area contributed by atoms with Gasteiger partial charge < -0.3 is 35.6 Å². The maximum atomic E-state index is 12.7. The van der Waals surface area contributed by atoms with E-state index in [1.54, 1.807) is 12.1 Å². The maximum Gasteiger partial charge on any atom is 1.00 e. The summed E-state index contributed by atoms with van der Waals surface area (Å²) in [5.41, 5.74) is 0.293. The maximum absolute atomic E-state index is 12.7. The quantitative estimate of drug-likeness (QED) is 0.223. The van der Waals surface area contributed by atoms with Crippen molar-refractivity contribution in [1.82, 2.24) is 10.2 Å². The van der Waals surface area contributed by atoms with Gasteiger partial charge >= 0.3 is 35.5 Å². The molecule has 4 rings (SSSR count). The summed E-state index contributed by atoms with van der Waals surface area (Å²) in [5, 5.41) is 36.6. The molecule has 0 aromatic heterocycles. The van der Waals surface area contributed by atoms with Gasteiger partial charge in [0.2, 0.25) is 11.8 Å². The number of nitrogens with zero attached hydrogens (tertiary/aromatic N) is 1. The number of carboxylic acids is 2. The Morgan fingerprint density at radius 3 is 2.65 bits per heavy atom. The predicted octanol–water partition coefficient (Wildman–Crippen LogP) is -3.39. The van der Waals surface area contributed by atoms with Gasteiger partial charge in [-0.05, 0) is 31.5 Å². The molecular weight excluding hydrogens is 473 g/mol. The molecule has 4 N–H and O–H groups in total. The Hall–Kier alpha value is -1.89. The molecule has 10 nitrogen and oxygen atoms in total. The molecule has 1 unspecified atom stereocenters. The second-order valence-corrected chi connectivity index (χ2v) is 9.91. The Morgan fingerprint density at radius 2 is 2.03 bits per heavy atom. The van der Waals surface area contributed by atoms with Gasteiger partial charge in [0.05, 0.1) is 41.3 Å². The van der Waals surface area contributed by atoms with Crippen LogP contribution < -0.4 is 45.3 Å². The number of aliphatic hydroxyl groups is 1. The number of aliphatic carboxylic acids is 1. The van der Waals surface area contributed by atoms with Gasteiger partial charge in [-0.15, -0.1) is 11.8 Å². The number of carbonyl (C=O) groups is 4. The number of thioether (sulfide) groups is 1. The number of hydrogen-bond donors (Lipinski definition) is 4. The summed E-state index contributed by atoms with van der Waals surface area (Å²) in [6, 6.07) is 4.99. The van der Waals surface area contributed by atoms with Crippen LogP contribution in [-0.4, -0.2) is 68.8 Å². The van der Waals surface area contributed by atoms with Crippen LogP contribution in [0.2, 0.25) is 0 Å². The van der Waals surface area contributed by atoms with Crippen LogP contribution in [0.25, 0.3) is 0 Å². The summed E-state index contributed by atoms with van der Waals surface area (Å²) >= 11 is 1.32. The van der Waals surface area contributed by atoms with Crippen molar-refractivity contribution in [3.63, 3.8) is 0 Å². The van der Waals surface area contributed by atoms with Crippen molar-refractivity contribution in [2.75, 3.05) is 11.9 Å². The van der Waals surface area contributed by atoms with Crippen LogP contribution in [0.4, 0.5) is 5.69 Å². The first kappa shape index (κ1) is 26.7. The Morgan fingerprint density at radius 1 is 1.32 bits per heavy atom. The minimum Gasteiger partial charge on any atom is -0.543 e. The minimum absolute atomic E-state index is 0. The van der Waals surface area contributed by atoms with Gasteiger partial charge in [0.15, 0.2) is 0 Å². The van der Waals surface area contributed by atoms with Gasteiger partial charge in [-0.25, -0.2) is 4.79 Å². The summed E-state index contributed by atoms with van der Waals surface area (Å²) in [5.74, 6) is -4.17. The van der Waals surface area contributed by atoms with E-state index in [2.05, 4.69) is 10.6 Å². The summed E-state index contributed by atoms with van der Waals surface area (Å²) < 4.78 is 0. The number of rotatable bonds is 7. The van der Waals surface area contributed by atoms with E-state index in [9.17, 15) is 29.4 Å². The fourth-order valence-corrected chi connectivity index (χ4v) is 6.28. The predicted molar refractivity (Wildman–Crippen MR) is 117 cm³/mol. The van der Waals surface area contributed by atoms with Crippen LogP contribution >= 0.6 is 11.8 Å². The Labute approximate surface area is 222 Å². The van der Waals surface area contributed by atoms with Crippen molar-refractivity contribution in [3.05, 3.63) is 40.4 Å². The molecule has 0 radical (unpaired) electrons. The Kier molecular flexibility index (Phi) is 8.16. The monoisotopic (exact) mass is 497 g/mol. The van der Waals surface area contributed by atoms with E-state index in [0.717, 1.165) is 0 Å². The van der Waals surface area contributed by atoms with Gasteiger partial charge in [0.25, 0.3) is 0 Å². The summed E-state index contributed by atoms with van der Waals surface area (Å²) in [4.78, 5) is 49.8. The van der Waals surface area contributed by atoms with Gasteiger partial charge in [0.1, 0.15) is 0 Å². The smallest absolute Gasteiger partial charge is 0.543 e. The normalized spacial score (nSPS) is 28.6. The second-order valence-electron chi connectivity index (χ2n) is 8.57. The average molecular weight is 498 g/mol. The van der Waals surface area contributed by atoms with E-state index in [1.165, 1.54) is 35.7 Å². The van der Waals surface area contributed by atoms with E-state index in [1.807, 2.05) is 6.92 Å². The number of aliphatic hydroxyl groups excluding tert-OH is 1. The van der Waals surface area contributed by atoms with E-state index in [-0.39, 0.29) is 57.9 Å². The van der Waals surface area contributed by atoms with Gasteiger partial charge in [-0.1, -0.05) is 13.0 Å². The number of hydrogen-bond acceptors (Lipinski definition) is 8. The first-order chi connectivity index (χ1) is 15.6. The average Bonchev–Trinajstić information content (AvgIpc) is 3.30. The second kappa shape index (κ2) is 10.4. The third kappa shape index (κ3) is 4.77. The summed E-state index contributed by atoms with van der Waals surface area (Å²) in [7, 11) is 0. The van der Waals surface area contributed by atoms with Crippen LogP contribution in [0, 0.1) is 11.8 Å². The molecule has 176 valence electrons. The molecule has 0 saturated carbocycles. The number of anilines is 1. The largest absolute Gasteiger partial charge is 1.00 e. The number of nitrogens with one attached hydrogen (secondary N) is 2. The molecule has 2 saturated heterocycles. The van der Waals surface area contributed by atoms with Crippen LogP contribution in [0.3, 0.4) is 0 Å². The van der Waals surface area contributed by atoms with E-state index < -0.39 is 42.0 Å². The van der Waals surface area contributed by atoms with Gasteiger partial charge in [-0.2, -0.15) is 0 Å². The number of carboxylic acid groups (broad SMARTS) is 2. The van der Waals surface area contributed by atoms with Crippen LogP contribution in [-0.2, 0) is 14.4 Å². The molecule has 1 aromatic rings. The minimum atomic E-state index is -1.43. The molecule has 3 aliphatic rings. The van der Waals surface area contributed by atoms with Crippen molar-refractivity contribution in [2.45, 2.75) is 43.7 Å². The molecule has 1 aromatic carbocycles. The SMILES string of the molecule is CC(O)[C@H]1C(=O)N2C(C(=O)[O-])=C(S[C@@H]3CN[C@H](C(=O)Nc4cccc(C(=O)O)c4)C3)[C@H](C)[C@H]12.[Na+]. The van der Waals surface area contributed by atoms with Gasteiger partial charge in [-0.3, -0.25) is 9.59 Å². The van der Waals surface area contributed by atoms with E-state index >= 15 is 0 Å². The molecule has 0 bridgehead atoms. The molecule has 12 heteroatoms. The molecule has 0 aliphatic carbocycles. The van der Waals surface area contributed by atoms with Gasteiger partial charge in [0, 0.05) is 28.3 Å². The van der Waals surface area contributed by atoms with Crippen molar-refractivity contribution in [2.24, 2.45) is 11.8 Å². The summed E-state index contributed by atoms with van der Waals surface area (Å²) in [6.45, 7) is 3.80. The Bertz CT molecular complexity index is 1060. The van der Waals surface area contributed by atoms with Crippen molar-refractivity contribution < 1.29 is 64.1 Å². The first-order valence-electron chi connectivity index (χ1n) is 10.6. The third-order valence-electron chi connectivity index (χ3n) is 6.38. The third-order valence-corrected chi connectivity index (χ3v) is 7.89. The molecule has 0 spiro atoms. The molecule has 3 heterocycles. The fourth-order valence-electron chi connectivity index (χ4n) is 4.80. The first-order valence-corrected chi connectivity index (χ1v) is 11.5. The fraction of sp³-hybridized carbons (Fsp3) is 0.455. The zero-order chi connectivity index (χ0) is 24.0. The van der Waals surface area contributed by atoms with Crippen molar-refractivity contribution in [3.8, 4) is 0 Å². The zero-order valence-corrected chi connectivity index (χ0v) is 21.8. The summed E-state index contributed by atoms with van der Waals surface area (Å²) in [6.07, 6.45) is -0.459. The number of amides is 2. The van der Waals surface area contributed by atoms with Crippen LogP contribution in [0.5, 0.6) is 0 Å². The topological polar surface area (TPSA) is 159 Å². The molecule has 34 heavy (non-hydrogen) atoms. The van der Waals surface area contributed by atoms with E-state index in [4.69, 9.17) is 5.11 Å². The van der Waals surface area contributed by atoms with Crippen LogP contribution in [0.1, 0.15) is 30.6 Å². The number of benzene rings is 1. The molecule has 3 aliphatic heterocycles. The van der Waals surface area contributed by atoms with E-state index in [0.29, 0.717) is 23.6 Å². The zero-order valence-electron chi connectivity index (χ0n) is 19.0. The number of β-lactam (4-membered cyclic amide) rings is 1. The molecule has 6 atom stereocenters. The number of carbonyl (C=O) groups excluding carboxylic acids is 3. The Balaban J connectivity index is 0.00000324. The number of aromatic carboxylic acids is 1. The molecule has 2 amide bonds. The van der Waals surface area contributed by atoms with Crippen molar-refractivity contribution in [1.29, 1.82) is 0 Å². The van der Waals surface area contributed by atoms with Crippen molar-refractivity contribution >= 4 is 41.2 Å². The van der Waals surface area contributed by atoms with Crippen LogP contribution in [0.15, 0.2) is 34.9 Å². The number of fused-ring (bicyclic) bond motifs is 1.